The molecule has 0 saturated heterocycles. The quantitative estimate of drug-likeness (QED) is 0.789. The minimum Gasteiger partial charge on any atom is -0.383 e. The summed E-state index contributed by atoms with van der Waals surface area (Å²) < 4.78 is 18.0. The molecule has 0 aliphatic heterocycles. The topological polar surface area (TPSA) is 59.0 Å². The number of ether oxygens (including phenoxy) is 1. The van der Waals surface area contributed by atoms with Crippen LogP contribution in [0, 0.1) is 17.1 Å². The maximum atomic E-state index is 13.1. The molecule has 0 heterocycles. The van der Waals surface area contributed by atoms with Gasteiger partial charge in [0.25, 0.3) is 0 Å². The third-order valence-electron chi connectivity index (χ3n) is 1.89. The summed E-state index contributed by atoms with van der Waals surface area (Å²) in [4.78, 5) is 0. The Balaban J connectivity index is 2.92. The molecule has 0 fully saturated rings. The molecular weight excluding hydrogens is 183 g/mol. The van der Waals surface area contributed by atoms with Crippen molar-refractivity contribution in [2.24, 2.45) is 5.73 Å². The molecule has 14 heavy (non-hydrogen) atoms. The van der Waals surface area contributed by atoms with E-state index in [-0.39, 0.29) is 11.6 Å². The van der Waals surface area contributed by atoms with Crippen molar-refractivity contribution < 1.29 is 9.13 Å². The van der Waals surface area contributed by atoms with Gasteiger partial charge in [-0.1, -0.05) is 6.07 Å². The molecule has 0 unspecified atom stereocenters. The summed E-state index contributed by atoms with van der Waals surface area (Å²) in [6.45, 7) is 0.325. The predicted octanol–water partition coefficient (Wildman–Crippen LogP) is 1.34. The van der Waals surface area contributed by atoms with Gasteiger partial charge >= 0.3 is 0 Å². The first-order valence-corrected chi connectivity index (χ1v) is 4.13. The zero-order valence-corrected chi connectivity index (χ0v) is 7.83. The number of halogens is 1. The van der Waals surface area contributed by atoms with Gasteiger partial charge in [0.05, 0.1) is 18.2 Å². The number of hydrogen-bond donors (Lipinski definition) is 1. The van der Waals surface area contributed by atoms with Crippen molar-refractivity contribution >= 4 is 0 Å². The third kappa shape index (κ3) is 2.28. The number of nitriles is 1. The second-order valence-corrected chi connectivity index (χ2v) is 2.91. The highest BCUT2D eigenvalue weighted by molar-refractivity contribution is 5.34. The van der Waals surface area contributed by atoms with Gasteiger partial charge in [0.15, 0.2) is 0 Å². The normalized spacial score (nSPS) is 12.1. The van der Waals surface area contributed by atoms with E-state index in [0.717, 1.165) is 0 Å². The molecule has 0 radical (unpaired) electrons. The molecule has 0 aliphatic carbocycles. The minimum atomic E-state index is -0.545. The molecule has 0 spiro atoms. The molecule has 0 amide bonds. The van der Waals surface area contributed by atoms with Crippen molar-refractivity contribution in [1.29, 1.82) is 5.26 Å². The van der Waals surface area contributed by atoms with Crippen LogP contribution in [-0.4, -0.2) is 13.7 Å². The number of rotatable bonds is 3. The zero-order chi connectivity index (χ0) is 10.6. The van der Waals surface area contributed by atoms with Crippen molar-refractivity contribution in [3.8, 4) is 6.07 Å². The fourth-order valence-corrected chi connectivity index (χ4v) is 1.13. The van der Waals surface area contributed by atoms with Gasteiger partial charge in [0, 0.05) is 7.11 Å². The number of nitrogens with zero attached hydrogens (tertiary/aromatic N) is 1. The average molecular weight is 194 g/mol. The van der Waals surface area contributed by atoms with E-state index in [2.05, 4.69) is 0 Å². The summed E-state index contributed by atoms with van der Waals surface area (Å²) in [6, 6.07) is 5.70. The fraction of sp³-hybridized carbons (Fsp3) is 0.300. The van der Waals surface area contributed by atoms with E-state index >= 15 is 0 Å². The smallest absolute Gasteiger partial charge is 0.141 e. The Labute approximate surface area is 81.9 Å². The molecule has 74 valence electrons. The molecule has 3 nitrogen and oxygen atoms in total. The van der Waals surface area contributed by atoms with Gasteiger partial charge in [-0.05, 0) is 17.7 Å². The van der Waals surface area contributed by atoms with E-state index in [1.807, 2.05) is 0 Å². The van der Waals surface area contributed by atoms with Crippen LogP contribution < -0.4 is 5.73 Å². The molecule has 1 atom stereocenters. The van der Waals surface area contributed by atoms with E-state index in [0.29, 0.717) is 12.2 Å². The van der Waals surface area contributed by atoms with E-state index in [4.69, 9.17) is 15.7 Å². The maximum Gasteiger partial charge on any atom is 0.141 e. The minimum absolute atomic E-state index is 0.0263. The molecule has 0 bridgehead atoms. The molecule has 1 aromatic carbocycles. The Bertz CT molecular complexity index is 360. The maximum absolute atomic E-state index is 13.1. The SMILES string of the molecule is COC[C@@H](N)c1ccc(C#N)c(F)c1. The first-order chi connectivity index (χ1) is 6.69. The fourth-order valence-electron chi connectivity index (χ4n) is 1.13. The van der Waals surface area contributed by atoms with Crippen molar-refractivity contribution in [2.75, 3.05) is 13.7 Å². The highest BCUT2D eigenvalue weighted by atomic mass is 19.1. The summed E-state index contributed by atoms with van der Waals surface area (Å²) in [5.41, 5.74) is 6.35. The zero-order valence-electron chi connectivity index (χ0n) is 7.83. The standard InChI is InChI=1S/C10H11FN2O/c1-14-6-10(13)7-2-3-8(5-12)9(11)4-7/h2-4,10H,6,13H2,1H3/t10-/m1/s1. The van der Waals surface area contributed by atoms with Gasteiger partial charge in [-0.25, -0.2) is 4.39 Å². The molecule has 1 rings (SSSR count). The number of hydrogen-bond acceptors (Lipinski definition) is 3. The Morgan fingerprint density at radius 2 is 2.36 bits per heavy atom. The van der Waals surface area contributed by atoms with Gasteiger partial charge in [0.2, 0.25) is 0 Å². The molecule has 0 saturated carbocycles. The van der Waals surface area contributed by atoms with Crippen LogP contribution in [0.3, 0.4) is 0 Å². The van der Waals surface area contributed by atoms with Gasteiger partial charge in [-0.15, -0.1) is 0 Å². The van der Waals surface area contributed by atoms with E-state index in [1.54, 1.807) is 12.1 Å². The molecule has 2 N–H and O–H groups in total. The Kier molecular flexibility index (Phi) is 3.57. The molecule has 0 aliphatic rings. The van der Waals surface area contributed by atoms with Crippen LogP contribution in [0.4, 0.5) is 4.39 Å². The van der Waals surface area contributed by atoms with Gasteiger partial charge in [-0.3, -0.25) is 0 Å². The largest absolute Gasteiger partial charge is 0.383 e. The highest BCUT2D eigenvalue weighted by Gasteiger charge is 2.08. The van der Waals surface area contributed by atoms with Crippen molar-refractivity contribution in [2.45, 2.75) is 6.04 Å². The van der Waals surface area contributed by atoms with Gasteiger partial charge < -0.3 is 10.5 Å². The Morgan fingerprint density at radius 3 is 2.86 bits per heavy atom. The Morgan fingerprint density at radius 1 is 1.64 bits per heavy atom. The van der Waals surface area contributed by atoms with Crippen molar-refractivity contribution in [3.05, 3.63) is 35.1 Å². The second kappa shape index (κ2) is 4.70. The van der Waals surface area contributed by atoms with Crippen LogP contribution in [0.2, 0.25) is 0 Å². The lowest BCUT2D eigenvalue weighted by Crippen LogP contribution is -2.16. The number of methoxy groups -OCH3 is 1. The van der Waals surface area contributed by atoms with E-state index in [1.165, 1.54) is 19.2 Å². The van der Waals surface area contributed by atoms with Crippen LogP contribution in [0.1, 0.15) is 17.2 Å². The average Bonchev–Trinajstić information content (AvgIpc) is 2.18. The second-order valence-electron chi connectivity index (χ2n) is 2.91. The van der Waals surface area contributed by atoms with Crippen LogP contribution in [-0.2, 0) is 4.74 Å². The highest BCUT2D eigenvalue weighted by Crippen LogP contribution is 2.14. The predicted molar refractivity (Wildman–Crippen MR) is 49.9 cm³/mol. The summed E-state index contributed by atoms with van der Waals surface area (Å²) >= 11 is 0. The summed E-state index contributed by atoms with van der Waals surface area (Å²) in [5, 5.41) is 8.51. The molecule has 1 aromatic rings. The van der Waals surface area contributed by atoms with Gasteiger partial charge in [-0.2, -0.15) is 5.26 Å². The van der Waals surface area contributed by atoms with E-state index < -0.39 is 5.82 Å². The van der Waals surface area contributed by atoms with Crippen LogP contribution >= 0.6 is 0 Å². The summed E-state index contributed by atoms with van der Waals surface area (Å²) in [5.74, 6) is -0.545. The number of benzene rings is 1. The lowest BCUT2D eigenvalue weighted by Gasteiger charge is -2.10. The lowest BCUT2D eigenvalue weighted by molar-refractivity contribution is 0.181. The number of nitrogens with two attached hydrogens (primary N) is 1. The summed E-state index contributed by atoms with van der Waals surface area (Å²) in [6.07, 6.45) is 0. The van der Waals surface area contributed by atoms with Gasteiger partial charge in [0.1, 0.15) is 11.9 Å². The van der Waals surface area contributed by atoms with Crippen LogP contribution in [0.15, 0.2) is 18.2 Å². The molecule has 0 aromatic heterocycles. The lowest BCUT2D eigenvalue weighted by atomic mass is 10.1. The van der Waals surface area contributed by atoms with Crippen molar-refractivity contribution in [3.63, 3.8) is 0 Å². The first-order valence-electron chi connectivity index (χ1n) is 4.13. The summed E-state index contributed by atoms with van der Waals surface area (Å²) in [7, 11) is 1.53. The molecular formula is C10H11FN2O. The molecule has 4 heteroatoms. The van der Waals surface area contributed by atoms with Crippen molar-refractivity contribution in [1.82, 2.24) is 0 Å². The van der Waals surface area contributed by atoms with Crippen LogP contribution in [0.25, 0.3) is 0 Å². The Hall–Kier alpha value is -1.44. The first kappa shape index (κ1) is 10.6. The van der Waals surface area contributed by atoms with E-state index in [9.17, 15) is 4.39 Å². The monoisotopic (exact) mass is 194 g/mol. The third-order valence-corrected chi connectivity index (χ3v) is 1.89. The van der Waals surface area contributed by atoms with Crippen LogP contribution in [0.5, 0.6) is 0 Å².